The Labute approximate surface area is 343 Å². The van der Waals surface area contributed by atoms with Crippen LogP contribution in [0.1, 0.15) is 38.0 Å². The first-order valence-electron chi connectivity index (χ1n) is 17.2. The van der Waals surface area contributed by atoms with Crippen LogP contribution in [0.3, 0.4) is 0 Å². The van der Waals surface area contributed by atoms with Crippen molar-refractivity contribution in [2.45, 2.75) is 56.8 Å². The molecule has 3 aromatic rings. The molecule has 2 amide bonds. The van der Waals surface area contributed by atoms with Crippen LogP contribution in [0.15, 0.2) is 43.0 Å². The summed E-state index contributed by atoms with van der Waals surface area (Å²) in [6.45, 7) is 0.0650. The average molecular weight is 930 g/mol. The lowest BCUT2D eigenvalue weighted by atomic mass is 9.87. The zero-order valence-electron chi connectivity index (χ0n) is 31.4. The molecule has 1 aliphatic heterocycles. The number of carbonyl (C=O) groups excluding carboxylic acids is 3. The van der Waals surface area contributed by atoms with Crippen molar-refractivity contribution in [3.05, 3.63) is 48.5 Å². The number of amides is 2. The zero-order valence-corrected chi connectivity index (χ0v) is 34.9. The molecule has 0 saturated carbocycles. The minimum atomic E-state index is -5.60. The first kappa shape index (κ1) is 48.9. The maximum atomic E-state index is 12.7. The van der Waals surface area contributed by atoms with Gasteiger partial charge in [-0.3, -0.25) is 37.3 Å². The van der Waals surface area contributed by atoms with E-state index >= 15 is 0 Å². The van der Waals surface area contributed by atoms with Crippen LogP contribution in [0.2, 0.25) is 0 Å². The number of aliphatic carboxylic acids is 1. The molecule has 1 fully saturated rings. The number of aliphatic hydroxyl groups excluding tert-OH is 2. The predicted octanol–water partition coefficient (Wildman–Crippen LogP) is -0.467. The van der Waals surface area contributed by atoms with Crippen LogP contribution >= 0.6 is 35.2 Å². The summed E-state index contributed by atoms with van der Waals surface area (Å²) in [5.74, 6) is -4.29. The Balaban J connectivity index is 1.22. The normalized spacial score (nSPS) is 21.4. The van der Waals surface area contributed by atoms with E-state index in [1.807, 2.05) is 0 Å². The van der Waals surface area contributed by atoms with Gasteiger partial charge in [0, 0.05) is 30.7 Å². The first-order chi connectivity index (χ1) is 27.9. The number of phosphoric acid groups is 3. The highest BCUT2D eigenvalue weighted by Crippen LogP contribution is 2.61. The maximum absolute atomic E-state index is 12.7. The van der Waals surface area contributed by atoms with Gasteiger partial charge in [-0.05, 0) is 5.56 Å². The number of carbonyl (C=O) groups is 4. The number of nitrogen functional groups attached to an aromatic ring is 1. The Bertz CT molecular complexity index is 2160. The third-order valence-electron chi connectivity index (χ3n) is 8.36. The van der Waals surface area contributed by atoms with Gasteiger partial charge in [-0.15, -0.1) is 0 Å². The second kappa shape index (κ2) is 20.4. The number of hydrogen-bond acceptors (Lipinski definition) is 19. The largest absolute Gasteiger partial charge is 0.481 e. The Hall–Kier alpha value is -3.75. The van der Waals surface area contributed by atoms with Gasteiger partial charge >= 0.3 is 29.4 Å². The molecule has 332 valence electrons. The molecule has 1 saturated heterocycles. The van der Waals surface area contributed by atoms with Crippen LogP contribution in [0.4, 0.5) is 5.82 Å². The molecular weight excluding hydrogens is 887 g/mol. The molecule has 60 heavy (non-hydrogen) atoms. The molecular formula is C30H42N7O19P3S. The molecule has 8 atom stereocenters. The van der Waals surface area contributed by atoms with E-state index in [-0.39, 0.29) is 42.2 Å². The van der Waals surface area contributed by atoms with Crippen LogP contribution in [-0.2, 0) is 55.5 Å². The smallest absolute Gasteiger partial charge is 0.480 e. The van der Waals surface area contributed by atoms with E-state index in [0.717, 1.165) is 29.0 Å². The number of carboxylic acids is 1. The van der Waals surface area contributed by atoms with Crippen molar-refractivity contribution in [2.75, 3.05) is 37.8 Å². The predicted molar refractivity (Wildman–Crippen MR) is 204 cm³/mol. The molecule has 1 aliphatic rings. The first-order valence-corrected chi connectivity index (χ1v) is 22.8. The summed E-state index contributed by atoms with van der Waals surface area (Å²) < 4.78 is 62.1. The zero-order chi connectivity index (χ0) is 44.6. The molecule has 3 unspecified atom stereocenters. The van der Waals surface area contributed by atoms with Gasteiger partial charge in [0.25, 0.3) is 0 Å². The number of fused-ring (bicyclic) bond motifs is 1. The van der Waals surface area contributed by atoms with Gasteiger partial charge in [0.1, 0.15) is 36.3 Å². The standard InChI is InChI=1S/C30H42N7O19P3S/c1-30(2,23(40)26(41)33-9-8-18(38)32-10-11-60-29(44)19(28(42)43)16-6-4-3-5-7-16)13-53-59(50,51)56-58(48,49)52-12-17-22(55-57(45,46)47)21(39)27(54-17)37-15-36-20-24(31)34-14-35-25(20)37/h3-7,14-15,17,19,21-23,27,39-40H,8-13H2,1-2H3,(H,32,38)(H,33,41)(H,42,43)(H,48,49)(H,50,51)(H2,31,34,35)(H2,45,46,47)/t17-,19?,21-,22-,23+,27-/m1/s1. The Kier molecular flexibility index (Phi) is 16.6. The molecule has 11 N–H and O–H groups in total. The lowest BCUT2D eigenvalue weighted by Gasteiger charge is -2.30. The number of anilines is 1. The fraction of sp³-hybridized carbons (Fsp3) is 0.500. The van der Waals surface area contributed by atoms with E-state index in [2.05, 4.69) is 34.4 Å². The molecule has 30 heteroatoms. The van der Waals surface area contributed by atoms with Crippen molar-refractivity contribution in [1.82, 2.24) is 30.2 Å². The molecule has 26 nitrogen and oxygen atoms in total. The van der Waals surface area contributed by atoms with Crippen molar-refractivity contribution in [2.24, 2.45) is 5.41 Å². The van der Waals surface area contributed by atoms with Crippen molar-refractivity contribution < 1.29 is 90.4 Å². The monoisotopic (exact) mass is 929 g/mol. The number of nitrogens with zero attached hydrogens (tertiary/aromatic N) is 4. The van der Waals surface area contributed by atoms with E-state index in [0.29, 0.717) is 5.56 Å². The highest BCUT2D eigenvalue weighted by molar-refractivity contribution is 8.13. The van der Waals surface area contributed by atoms with Crippen molar-refractivity contribution in [1.29, 1.82) is 0 Å². The van der Waals surface area contributed by atoms with E-state index in [1.165, 1.54) is 26.0 Å². The van der Waals surface area contributed by atoms with Crippen molar-refractivity contribution in [3.63, 3.8) is 0 Å². The SMILES string of the molecule is CC(C)(COP(=O)(O)OP(=O)(O)OC[C@H]1O[C@@H](n2cnc3c(N)ncnc32)[C@H](O)[C@@H]1OP(=O)(O)O)[C@@H](O)C(=O)NCCC(=O)NCCSC(=O)C(C(=O)O)c1ccccc1. The van der Waals surface area contributed by atoms with Crippen molar-refractivity contribution in [3.8, 4) is 0 Å². The summed E-state index contributed by atoms with van der Waals surface area (Å²) in [5, 5.41) is 35.1. The van der Waals surface area contributed by atoms with Gasteiger partial charge in [0.05, 0.1) is 19.5 Å². The van der Waals surface area contributed by atoms with E-state index in [1.54, 1.807) is 18.2 Å². The topological polar surface area (TPSA) is 401 Å². The van der Waals surface area contributed by atoms with Gasteiger partial charge in [0.2, 0.25) is 16.9 Å². The molecule has 0 spiro atoms. The summed E-state index contributed by atoms with van der Waals surface area (Å²) in [6, 6.07) is 7.90. The summed E-state index contributed by atoms with van der Waals surface area (Å²) in [6.07, 6.45) is -7.17. The number of aromatic nitrogens is 4. The molecule has 2 aromatic heterocycles. The lowest BCUT2D eigenvalue weighted by molar-refractivity contribution is -0.141. The van der Waals surface area contributed by atoms with Gasteiger partial charge in [-0.1, -0.05) is 55.9 Å². The third kappa shape index (κ3) is 13.6. The number of carboxylic acid groups (broad SMARTS) is 1. The average Bonchev–Trinajstić information content (AvgIpc) is 3.71. The van der Waals surface area contributed by atoms with Crippen LogP contribution in [0.25, 0.3) is 11.2 Å². The molecule has 0 aliphatic carbocycles. The van der Waals surface area contributed by atoms with E-state index in [4.69, 9.17) is 19.5 Å². The highest BCUT2D eigenvalue weighted by Gasteiger charge is 2.50. The molecule has 0 radical (unpaired) electrons. The summed E-state index contributed by atoms with van der Waals surface area (Å²) in [4.78, 5) is 99.9. The minimum absolute atomic E-state index is 0.00769. The molecule has 4 rings (SSSR count). The molecule has 1 aromatic carbocycles. The number of rotatable bonds is 22. The lowest BCUT2D eigenvalue weighted by Crippen LogP contribution is -2.46. The number of imidazole rings is 1. The molecule has 3 heterocycles. The number of aliphatic hydroxyl groups is 2. The van der Waals surface area contributed by atoms with Gasteiger partial charge < -0.3 is 56.0 Å². The number of phosphoric ester groups is 3. The highest BCUT2D eigenvalue weighted by atomic mass is 32.2. The second-order valence-electron chi connectivity index (χ2n) is 13.4. The number of hydrogen-bond donors (Lipinski definition) is 10. The fourth-order valence-corrected chi connectivity index (χ4v) is 9.03. The van der Waals surface area contributed by atoms with Crippen LogP contribution < -0.4 is 16.4 Å². The molecule has 0 bridgehead atoms. The Morgan fingerprint density at radius 2 is 1.67 bits per heavy atom. The minimum Gasteiger partial charge on any atom is -0.480 e. The quantitative estimate of drug-likeness (QED) is 0.0346. The summed E-state index contributed by atoms with van der Waals surface area (Å²) in [5.41, 5.74) is 4.49. The fourth-order valence-electron chi connectivity index (χ4n) is 5.39. The number of ether oxygens (including phenoxy) is 1. The maximum Gasteiger partial charge on any atom is 0.481 e. The van der Waals surface area contributed by atoms with Gasteiger partial charge in [0.15, 0.2) is 23.6 Å². The van der Waals surface area contributed by atoms with Crippen LogP contribution in [0.5, 0.6) is 0 Å². The second-order valence-corrected chi connectivity index (χ2v) is 18.8. The third-order valence-corrected chi connectivity index (χ3v) is 12.4. The Morgan fingerprint density at radius 1 is 1.00 bits per heavy atom. The number of nitrogens with two attached hydrogens (primary N) is 1. The van der Waals surface area contributed by atoms with Crippen LogP contribution in [-0.4, -0.2) is 134 Å². The summed E-state index contributed by atoms with van der Waals surface area (Å²) in [7, 11) is -16.5. The summed E-state index contributed by atoms with van der Waals surface area (Å²) >= 11 is 0.721. The van der Waals surface area contributed by atoms with Crippen molar-refractivity contribution >= 4 is 75.1 Å². The number of thioether (sulfide) groups is 1. The van der Waals surface area contributed by atoms with Gasteiger partial charge in [-0.2, -0.15) is 4.31 Å². The number of nitrogens with one attached hydrogen (secondary N) is 2. The van der Waals surface area contributed by atoms with Crippen LogP contribution in [0, 0.1) is 5.41 Å². The van der Waals surface area contributed by atoms with E-state index in [9.17, 15) is 67.8 Å². The van der Waals surface area contributed by atoms with E-state index < -0.39 is 102 Å². The van der Waals surface area contributed by atoms with Gasteiger partial charge in [-0.25, -0.2) is 28.6 Å². The Morgan fingerprint density at radius 3 is 2.32 bits per heavy atom. The number of benzene rings is 1.